The van der Waals surface area contributed by atoms with Crippen molar-refractivity contribution in [3.05, 3.63) is 100 Å². The number of benzene rings is 3. The smallest absolute Gasteiger partial charge is 0.216 e. The average molecular weight is 546 g/mol. The van der Waals surface area contributed by atoms with Gasteiger partial charge in [0.25, 0.3) is 0 Å². The molecule has 0 amide bonds. The molecule has 0 saturated heterocycles. The van der Waals surface area contributed by atoms with Crippen LogP contribution in [0.2, 0.25) is 5.02 Å². The third-order valence-corrected chi connectivity index (χ3v) is 7.91. The zero-order valence-corrected chi connectivity index (χ0v) is 23.0. The first kappa shape index (κ1) is 27.2. The van der Waals surface area contributed by atoms with Crippen molar-refractivity contribution in [2.24, 2.45) is 5.92 Å². The predicted molar refractivity (Wildman–Crippen MR) is 151 cm³/mol. The highest BCUT2D eigenvalue weighted by molar-refractivity contribution is 7.95. The lowest BCUT2D eigenvalue weighted by molar-refractivity contribution is 0.288. The maximum absolute atomic E-state index is 13.3. The molecular weight excluding hydrogens is 518 g/mol. The summed E-state index contributed by atoms with van der Waals surface area (Å²) in [4.78, 5) is -0.399. The van der Waals surface area contributed by atoms with Crippen LogP contribution in [0.5, 0.6) is 5.75 Å². The Kier molecular flexibility index (Phi) is 8.35. The minimum atomic E-state index is -4.07. The second-order valence-corrected chi connectivity index (χ2v) is 11.7. The molecule has 0 atom stereocenters. The van der Waals surface area contributed by atoms with Gasteiger partial charge in [-0.1, -0.05) is 43.6 Å². The number of aromatic nitrogens is 2. The van der Waals surface area contributed by atoms with Gasteiger partial charge in [0.15, 0.2) is 0 Å². The fourth-order valence-corrected chi connectivity index (χ4v) is 5.12. The van der Waals surface area contributed by atoms with Crippen LogP contribution in [0.1, 0.15) is 31.4 Å². The largest absolute Gasteiger partial charge is 0.493 e. The lowest BCUT2D eigenvalue weighted by Crippen LogP contribution is -2.03. The number of hydrogen-bond acceptors (Lipinski definition) is 5. The number of rotatable bonds is 9. The standard InChI is InChI=1S/C30H28ClN3O3S/c1-21(2)15-16-37-29-14-9-23(17-22(29)3)30-24(20-34(33-30)26-7-5-4-6-8-26)18-28(19-32)38(35,36)27-12-10-25(31)11-13-27/h4-14,17-18,20-21H,15-16H2,1-3H3/b28-18-. The quantitative estimate of drug-likeness (QED) is 0.206. The van der Waals surface area contributed by atoms with Crippen LogP contribution >= 0.6 is 11.6 Å². The lowest BCUT2D eigenvalue weighted by atomic mass is 10.0. The summed E-state index contributed by atoms with van der Waals surface area (Å²) in [6.07, 6.45) is 4.05. The highest BCUT2D eigenvalue weighted by Crippen LogP contribution is 2.31. The topological polar surface area (TPSA) is 85.0 Å². The number of halogens is 1. The summed E-state index contributed by atoms with van der Waals surface area (Å²) in [7, 11) is -4.07. The molecule has 8 heteroatoms. The molecular formula is C30H28ClN3O3S. The SMILES string of the molecule is Cc1cc(-c2nn(-c3ccccc3)cc2/C=C(/C#N)S(=O)(=O)c2ccc(Cl)cc2)ccc1OCCC(C)C. The van der Waals surface area contributed by atoms with Crippen molar-refractivity contribution < 1.29 is 13.2 Å². The Balaban J connectivity index is 1.79. The summed E-state index contributed by atoms with van der Waals surface area (Å²) in [6, 6.07) is 22.9. The molecule has 0 spiro atoms. The minimum absolute atomic E-state index is 0.00885. The predicted octanol–water partition coefficient (Wildman–Crippen LogP) is 7.26. The van der Waals surface area contributed by atoms with Crippen LogP contribution in [-0.2, 0) is 9.84 Å². The second kappa shape index (κ2) is 11.7. The number of nitriles is 1. The van der Waals surface area contributed by atoms with E-state index in [2.05, 4.69) is 13.8 Å². The maximum Gasteiger partial charge on any atom is 0.216 e. The summed E-state index contributed by atoms with van der Waals surface area (Å²) in [5.41, 5.74) is 3.56. The maximum atomic E-state index is 13.3. The number of hydrogen-bond donors (Lipinski definition) is 0. The van der Waals surface area contributed by atoms with Gasteiger partial charge in [-0.05, 0) is 85.5 Å². The van der Waals surface area contributed by atoms with Crippen molar-refractivity contribution in [3.8, 4) is 28.8 Å². The highest BCUT2D eigenvalue weighted by Gasteiger charge is 2.23. The minimum Gasteiger partial charge on any atom is -0.493 e. The van der Waals surface area contributed by atoms with Crippen LogP contribution in [0.25, 0.3) is 23.0 Å². The average Bonchev–Trinajstić information content (AvgIpc) is 3.32. The molecule has 6 nitrogen and oxygen atoms in total. The molecule has 0 bridgehead atoms. The zero-order chi connectivity index (χ0) is 27.3. The molecule has 0 aliphatic rings. The van der Waals surface area contributed by atoms with Crippen LogP contribution in [0.3, 0.4) is 0 Å². The lowest BCUT2D eigenvalue weighted by Gasteiger charge is -2.11. The summed E-state index contributed by atoms with van der Waals surface area (Å²) in [6.45, 7) is 6.90. The second-order valence-electron chi connectivity index (χ2n) is 9.30. The van der Waals surface area contributed by atoms with E-state index in [1.807, 2.05) is 61.5 Å². The highest BCUT2D eigenvalue weighted by atomic mass is 35.5. The van der Waals surface area contributed by atoms with Crippen LogP contribution in [0.15, 0.2) is 88.8 Å². The van der Waals surface area contributed by atoms with Gasteiger partial charge >= 0.3 is 0 Å². The molecule has 4 rings (SSSR count). The zero-order valence-electron chi connectivity index (χ0n) is 21.4. The molecule has 0 fully saturated rings. The number of nitrogens with zero attached hydrogens (tertiary/aromatic N) is 3. The van der Waals surface area contributed by atoms with Gasteiger partial charge < -0.3 is 4.74 Å². The summed E-state index contributed by atoms with van der Waals surface area (Å²) in [5.74, 6) is 1.33. The van der Waals surface area contributed by atoms with E-state index in [4.69, 9.17) is 21.4 Å². The first-order valence-corrected chi connectivity index (χ1v) is 14.1. The van der Waals surface area contributed by atoms with E-state index in [9.17, 15) is 13.7 Å². The molecule has 0 N–H and O–H groups in total. The first-order valence-electron chi connectivity index (χ1n) is 12.2. The molecule has 194 valence electrons. The first-order chi connectivity index (χ1) is 18.2. The fraction of sp³-hybridized carbons (Fsp3) is 0.200. The Morgan fingerprint density at radius 2 is 1.82 bits per heavy atom. The third kappa shape index (κ3) is 6.16. The third-order valence-electron chi connectivity index (χ3n) is 5.97. The van der Waals surface area contributed by atoms with Crippen LogP contribution < -0.4 is 4.74 Å². The van der Waals surface area contributed by atoms with E-state index in [1.165, 1.54) is 30.3 Å². The van der Waals surface area contributed by atoms with E-state index in [0.717, 1.165) is 29.0 Å². The van der Waals surface area contributed by atoms with Gasteiger partial charge in [-0.2, -0.15) is 10.4 Å². The van der Waals surface area contributed by atoms with E-state index < -0.39 is 9.84 Å². The van der Waals surface area contributed by atoms with Crippen molar-refractivity contribution in [2.75, 3.05) is 6.61 Å². The van der Waals surface area contributed by atoms with Crippen molar-refractivity contribution in [2.45, 2.75) is 32.1 Å². The van der Waals surface area contributed by atoms with Crippen molar-refractivity contribution in [1.29, 1.82) is 5.26 Å². The summed E-state index contributed by atoms with van der Waals surface area (Å²) in [5, 5.41) is 15.0. The van der Waals surface area contributed by atoms with Gasteiger partial charge in [0.1, 0.15) is 22.4 Å². The molecule has 0 aliphatic carbocycles. The molecule has 1 heterocycles. The van der Waals surface area contributed by atoms with E-state index in [0.29, 0.717) is 28.8 Å². The summed E-state index contributed by atoms with van der Waals surface area (Å²) >= 11 is 5.93. The van der Waals surface area contributed by atoms with Gasteiger partial charge in [-0.3, -0.25) is 0 Å². The number of aryl methyl sites for hydroxylation is 1. The molecule has 0 radical (unpaired) electrons. The molecule has 38 heavy (non-hydrogen) atoms. The van der Waals surface area contributed by atoms with E-state index in [1.54, 1.807) is 10.9 Å². The van der Waals surface area contributed by atoms with Crippen molar-refractivity contribution in [3.63, 3.8) is 0 Å². The van der Waals surface area contributed by atoms with Crippen LogP contribution in [-0.4, -0.2) is 24.8 Å². The molecule has 0 aliphatic heterocycles. The Hall–Kier alpha value is -3.86. The molecule has 0 saturated carbocycles. The molecule has 3 aromatic carbocycles. The number of sulfone groups is 1. The van der Waals surface area contributed by atoms with Crippen LogP contribution in [0.4, 0.5) is 0 Å². The normalized spacial score (nSPS) is 11.9. The number of allylic oxidation sites excluding steroid dienone is 1. The van der Waals surface area contributed by atoms with Crippen LogP contribution in [0, 0.1) is 24.2 Å². The Morgan fingerprint density at radius 3 is 2.45 bits per heavy atom. The molecule has 0 unspecified atom stereocenters. The van der Waals surface area contributed by atoms with Crippen molar-refractivity contribution >= 4 is 27.5 Å². The van der Waals surface area contributed by atoms with Crippen molar-refractivity contribution in [1.82, 2.24) is 9.78 Å². The Morgan fingerprint density at radius 1 is 1.11 bits per heavy atom. The van der Waals surface area contributed by atoms with Gasteiger partial charge in [0, 0.05) is 22.3 Å². The van der Waals surface area contributed by atoms with Gasteiger partial charge in [-0.25, -0.2) is 13.1 Å². The fourth-order valence-electron chi connectivity index (χ4n) is 3.85. The number of para-hydroxylation sites is 1. The molecule has 1 aromatic heterocycles. The monoisotopic (exact) mass is 545 g/mol. The summed E-state index contributed by atoms with van der Waals surface area (Å²) < 4.78 is 34.2. The van der Waals surface area contributed by atoms with E-state index in [-0.39, 0.29) is 9.80 Å². The van der Waals surface area contributed by atoms with Gasteiger partial charge in [0.2, 0.25) is 9.84 Å². The Bertz CT molecular complexity index is 1600. The number of ether oxygens (including phenoxy) is 1. The molecule has 4 aromatic rings. The van der Waals surface area contributed by atoms with E-state index >= 15 is 0 Å². The Labute approximate surface area is 228 Å². The van der Waals surface area contributed by atoms with Gasteiger partial charge in [0.05, 0.1) is 17.2 Å². The van der Waals surface area contributed by atoms with Gasteiger partial charge in [-0.15, -0.1) is 0 Å².